The highest BCUT2D eigenvalue weighted by molar-refractivity contribution is 7.89. The zero-order chi connectivity index (χ0) is 22.3. The number of sulfonamides is 1. The second-order valence-electron chi connectivity index (χ2n) is 6.81. The van der Waals surface area contributed by atoms with Gasteiger partial charge in [0.25, 0.3) is 5.91 Å². The molecule has 2 rings (SSSR count). The van der Waals surface area contributed by atoms with E-state index < -0.39 is 22.5 Å². The van der Waals surface area contributed by atoms with E-state index in [0.717, 1.165) is 10.7 Å². The summed E-state index contributed by atoms with van der Waals surface area (Å²) in [6, 6.07) is 12.5. The Kier molecular flexibility index (Phi) is 7.96. The van der Waals surface area contributed by atoms with E-state index in [2.05, 4.69) is 10.6 Å². The molecule has 0 saturated carbocycles. The minimum Gasteiger partial charge on any atom is -0.497 e. The van der Waals surface area contributed by atoms with Gasteiger partial charge in [-0.15, -0.1) is 0 Å². The molecule has 0 aliphatic carbocycles. The largest absolute Gasteiger partial charge is 0.497 e. The van der Waals surface area contributed by atoms with E-state index in [1.54, 1.807) is 24.3 Å². The summed E-state index contributed by atoms with van der Waals surface area (Å²) in [6.07, 6.45) is 0.772. The summed E-state index contributed by atoms with van der Waals surface area (Å²) >= 11 is 0. The highest BCUT2D eigenvalue weighted by Gasteiger charge is 2.24. The summed E-state index contributed by atoms with van der Waals surface area (Å²) in [5, 5.41) is 5.48. The molecule has 2 aromatic rings. The molecule has 8 nitrogen and oxygen atoms in total. The second-order valence-corrected chi connectivity index (χ2v) is 8.86. The number of hydrogen-bond donors (Lipinski definition) is 2. The SMILES string of the molecule is CC[C@H](C)NC(=O)c1ccccc1NC(=O)CN(C)S(=O)(=O)c1ccc(OC)cc1. The molecule has 9 heteroatoms. The van der Waals surface area contributed by atoms with Crippen LogP contribution in [0.15, 0.2) is 53.4 Å². The Labute approximate surface area is 177 Å². The average Bonchev–Trinajstić information content (AvgIpc) is 2.73. The maximum atomic E-state index is 12.7. The third-order valence-electron chi connectivity index (χ3n) is 4.57. The number of nitrogens with one attached hydrogen (secondary N) is 2. The van der Waals surface area contributed by atoms with E-state index in [0.29, 0.717) is 17.0 Å². The van der Waals surface area contributed by atoms with Gasteiger partial charge in [0.05, 0.1) is 29.8 Å². The van der Waals surface area contributed by atoms with Crippen LogP contribution in [0.1, 0.15) is 30.6 Å². The molecule has 0 saturated heterocycles. The molecule has 2 amide bonds. The summed E-state index contributed by atoms with van der Waals surface area (Å²) in [5.41, 5.74) is 0.630. The van der Waals surface area contributed by atoms with Crippen molar-refractivity contribution in [1.29, 1.82) is 0 Å². The van der Waals surface area contributed by atoms with Crippen molar-refractivity contribution in [3.05, 3.63) is 54.1 Å². The van der Waals surface area contributed by atoms with Crippen LogP contribution in [-0.2, 0) is 14.8 Å². The first-order valence-corrected chi connectivity index (χ1v) is 10.9. The number of likely N-dealkylation sites (N-methyl/N-ethyl adjacent to an activating group) is 1. The van der Waals surface area contributed by atoms with Crippen molar-refractivity contribution >= 4 is 27.5 Å². The minimum absolute atomic E-state index is 0.0120. The van der Waals surface area contributed by atoms with Crippen LogP contribution in [0, 0.1) is 0 Å². The van der Waals surface area contributed by atoms with Gasteiger partial charge in [0.1, 0.15) is 5.75 Å². The minimum atomic E-state index is -3.86. The van der Waals surface area contributed by atoms with Crippen molar-refractivity contribution in [2.24, 2.45) is 0 Å². The van der Waals surface area contributed by atoms with E-state index in [1.807, 2.05) is 13.8 Å². The summed E-state index contributed by atoms with van der Waals surface area (Å²) in [6.45, 7) is 3.44. The third-order valence-corrected chi connectivity index (χ3v) is 6.39. The molecule has 0 heterocycles. The Bertz CT molecular complexity index is 990. The quantitative estimate of drug-likeness (QED) is 0.632. The average molecular weight is 434 g/mol. The number of para-hydroxylation sites is 1. The molecule has 162 valence electrons. The van der Waals surface area contributed by atoms with Gasteiger partial charge < -0.3 is 15.4 Å². The monoisotopic (exact) mass is 433 g/mol. The smallest absolute Gasteiger partial charge is 0.253 e. The van der Waals surface area contributed by atoms with Crippen molar-refractivity contribution in [2.75, 3.05) is 26.0 Å². The number of ether oxygens (including phenoxy) is 1. The predicted molar refractivity (Wildman–Crippen MR) is 115 cm³/mol. The number of nitrogens with zero attached hydrogens (tertiary/aromatic N) is 1. The first-order chi connectivity index (χ1) is 14.2. The molecular formula is C21H27N3O5S. The molecule has 0 aliphatic heterocycles. The van der Waals surface area contributed by atoms with E-state index in [4.69, 9.17) is 4.74 Å². The van der Waals surface area contributed by atoms with Gasteiger partial charge in [0, 0.05) is 13.1 Å². The van der Waals surface area contributed by atoms with Crippen molar-refractivity contribution in [1.82, 2.24) is 9.62 Å². The highest BCUT2D eigenvalue weighted by atomic mass is 32.2. The summed E-state index contributed by atoms with van der Waals surface area (Å²) < 4.78 is 31.4. The van der Waals surface area contributed by atoms with E-state index >= 15 is 0 Å². The first-order valence-electron chi connectivity index (χ1n) is 9.49. The molecule has 0 aliphatic rings. The summed E-state index contributed by atoms with van der Waals surface area (Å²) in [4.78, 5) is 25.0. The van der Waals surface area contributed by atoms with Crippen LogP contribution in [0.5, 0.6) is 5.75 Å². The number of carbonyl (C=O) groups excluding carboxylic acids is 2. The second kappa shape index (κ2) is 10.2. The molecule has 2 N–H and O–H groups in total. The topological polar surface area (TPSA) is 105 Å². The Morgan fingerprint density at radius 3 is 2.33 bits per heavy atom. The zero-order valence-electron chi connectivity index (χ0n) is 17.5. The van der Waals surface area contributed by atoms with E-state index in [-0.39, 0.29) is 16.8 Å². The molecule has 1 atom stereocenters. The summed E-state index contributed by atoms with van der Waals surface area (Å²) in [5.74, 6) is -0.334. The number of anilines is 1. The van der Waals surface area contributed by atoms with Crippen LogP contribution in [-0.4, -0.2) is 51.3 Å². The molecule has 0 unspecified atom stereocenters. The van der Waals surface area contributed by atoms with Gasteiger partial charge in [-0.2, -0.15) is 4.31 Å². The van der Waals surface area contributed by atoms with Crippen LogP contribution >= 0.6 is 0 Å². The normalized spacial score (nSPS) is 12.3. The molecule has 0 fully saturated rings. The molecule has 0 bridgehead atoms. The molecular weight excluding hydrogens is 406 g/mol. The van der Waals surface area contributed by atoms with Gasteiger partial charge in [-0.3, -0.25) is 9.59 Å². The van der Waals surface area contributed by atoms with E-state index in [9.17, 15) is 18.0 Å². The van der Waals surface area contributed by atoms with Crippen molar-refractivity contribution in [2.45, 2.75) is 31.2 Å². The van der Waals surface area contributed by atoms with Gasteiger partial charge in [0.15, 0.2) is 0 Å². The van der Waals surface area contributed by atoms with E-state index in [1.165, 1.54) is 38.4 Å². The highest BCUT2D eigenvalue weighted by Crippen LogP contribution is 2.19. The lowest BCUT2D eigenvalue weighted by molar-refractivity contribution is -0.116. The van der Waals surface area contributed by atoms with Crippen molar-refractivity contribution in [3.8, 4) is 5.75 Å². The predicted octanol–water partition coefficient (Wildman–Crippen LogP) is 2.48. The molecule has 2 aromatic carbocycles. The first kappa shape index (κ1) is 23.4. The van der Waals surface area contributed by atoms with Crippen molar-refractivity contribution < 1.29 is 22.7 Å². The summed E-state index contributed by atoms with van der Waals surface area (Å²) in [7, 11) is -1.05. The van der Waals surface area contributed by atoms with Crippen LogP contribution < -0.4 is 15.4 Å². The fraction of sp³-hybridized carbons (Fsp3) is 0.333. The fourth-order valence-corrected chi connectivity index (χ4v) is 3.73. The lowest BCUT2D eigenvalue weighted by atomic mass is 10.1. The maximum absolute atomic E-state index is 12.7. The van der Waals surface area contributed by atoms with Gasteiger partial charge in [-0.05, 0) is 49.7 Å². The molecule has 0 spiro atoms. The number of rotatable bonds is 9. The number of amides is 2. The van der Waals surface area contributed by atoms with Gasteiger partial charge in [0.2, 0.25) is 15.9 Å². The Morgan fingerprint density at radius 2 is 1.73 bits per heavy atom. The van der Waals surface area contributed by atoms with Gasteiger partial charge in [-0.25, -0.2) is 8.42 Å². The fourth-order valence-electron chi connectivity index (χ4n) is 2.60. The third kappa shape index (κ3) is 5.80. The standard InChI is InChI=1S/C21H27N3O5S/c1-5-15(2)22-21(26)18-8-6-7-9-19(18)23-20(25)14-24(3)30(27,28)17-12-10-16(29-4)11-13-17/h6-13,15H,5,14H2,1-4H3,(H,22,26)(H,23,25)/t15-/m0/s1. The Hall–Kier alpha value is -2.91. The van der Waals surface area contributed by atoms with Gasteiger partial charge in [-0.1, -0.05) is 19.1 Å². The number of methoxy groups -OCH3 is 1. The van der Waals surface area contributed by atoms with Crippen LogP contribution in [0.2, 0.25) is 0 Å². The van der Waals surface area contributed by atoms with Crippen LogP contribution in [0.4, 0.5) is 5.69 Å². The lowest BCUT2D eigenvalue weighted by Crippen LogP contribution is -2.36. The van der Waals surface area contributed by atoms with Crippen molar-refractivity contribution in [3.63, 3.8) is 0 Å². The Balaban J connectivity index is 2.10. The number of hydrogen-bond acceptors (Lipinski definition) is 5. The van der Waals surface area contributed by atoms with Crippen LogP contribution in [0.25, 0.3) is 0 Å². The molecule has 0 radical (unpaired) electrons. The van der Waals surface area contributed by atoms with Crippen LogP contribution in [0.3, 0.4) is 0 Å². The maximum Gasteiger partial charge on any atom is 0.253 e. The zero-order valence-corrected chi connectivity index (χ0v) is 18.3. The Morgan fingerprint density at radius 1 is 1.10 bits per heavy atom. The molecule has 0 aromatic heterocycles. The number of benzene rings is 2. The molecule has 30 heavy (non-hydrogen) atoms. The number of carbonyl (C=O) groups is 2. The van der Waals surface area contributed by atoms with Gasteiger partial charge >= 0.3 is 0 Å². The lowest BCUT2D eigenvalue weighted by Gasteiger charge is -2.18.